The molecule has 2 rings (SSSR count). The maximum atomic E-state index is 4.42. The normalized spacial score (nSPS) is 25.9. The number of anilines is 1. The topological polar surface area (TPSA) is 28.2 Å². The highest BCUT2D eigenvalue weighted by molar-refractivity contribution is 5.42. The number of rotatable bonds is 3. The van der Waals surface area contributed by atoms with Crippen LogP contribution in [0.1, 0.15) is 19.5 Å². The van der Waals surface area contributed by atoms with Crippen molar-refractivity contribution in [1.82, 2.24) is 9.88 Å². The molecule has 1 aromatic heterocycles. The second kappa shape index (κ2) is 4.83. The first kappa shape index (κ1) is 11.4. The predicted molar refractivity (Wildman–Crippen MR) is 67.4 cm³/mol. The lowest BCUT2D eigenvalue weighted by atomic mass is 10.0. The van der Waals surface area contributed by atoms with Crippen molar-refractivity contribution < 1.29 is 0 Å². The summed E-state index contributed by atoms with van der Waals surface area (Å²) in [7, 11) is 1.94. The third kappa shape index (κ3) is 2.53. The van der Waals surface area contributed by atoms with Gasteiger partial charge in [0.1, 0.15) is 0 Å². The Morgan fingerprint density at radius 3 is 2.69 bits per heavy atom. The number of pyridine rings is 1. The average Bonchev–Trinajstić information content (AvgIpc) is 2.58. The number of nitrogens with one attached hydrogen (secondary N) is 1. The lowest BCUT2D eigenvalue weighted by Gasteiger charge is -2.15. The Hall–Kier alpha value is -1.09. The highest BCUT2D eigenvalue weighted by Gasteiger charge is 2.25. The van der Waals surface area contributed by atoms with Gasteiger partial charge in [0.25, 0.3) is 0 Å². The molecule has 3 heteroatoms. The van der Waals surface area contributed by atoms with E-state index in [4.69, 9.17) is 0 Å². The summed E-state index contributed by atoms with van der Waals surface area (Å²) < 4.78 is 0. The average molecular weight is 219 g/mol. The molecule has 0 saturated carbocycles. The van der Waals surface area contributed by atoms with E-state index in [1.54, 1.807) is 0 Å². The van der Waals surface area contributed by atoms with Crippen LogP contribution in [0.3, 0.4) is 0 Å². The molecule has 1 aliphatic heterocycles. The molecule has 0 radical (unpaired) electrons. The zero-order valence-electron chi connectivity index (χ0n) is 10.4. The highest BCUT2D eigenvalue weighted by atomic mass is 15.2. The monoisotopic (exact) mass is 219 g/mol. The van der Waals surface area contributed by atoms with Crippen LogP contribution in [0.4, 0.5) is 5.69 Å². The third-order valence-electron chi connectivity index (χ3n) is 3.55. The summed E-state index contributed by atoms with van der Waals surface area (Å²) in [6.07, 6.45) is 1.88. The minimum atomic E-state index is 0.812. The lowest BCUT2D eigenvalue weighted by molar-refractivity contribution is 0.312. The van der Waals surface area contributed by atoms with Crippen LogP contribution in [-0.2, 0) is 6.54 Å². The van der Waals surface area contributed by atoms with Crippen molar-refractivity contribution in [3.63, 3.8) is 0 Å². The van der Waals surface area contributed by atoms with Crippen LogP contribution in [-0.4, -0.2) is 30.0 Å². The summed E-state index contributed by atoms with van der Waals surface area (Å²) in [6.45, 7) is 8.05. The molecule has 1 aromatic rings. The van der Waals surface area contributed by atoms with Crippen molar-refractivity contribution in [2.75, 3.05) is 25.5 Å². The molecule has 0 amide bonds. The zero-order chi connectivity index (χ0) is 11.5. The Balaban J connectivity index is 1.99. The smallest absolute Gasteiger partial charge is 0.0564 e. The van der Waals surface area contributed by atoms with Gasteiger partial charge in [0.2, 0.25) is 0 Å². The molecule has 1 aliphatic rings. The Morgan fingerprint density at radius 2 is 2.06 bits per heavy atom. The number of likely N-dealkylation sites (tertiary alicyclic amines) is 1. The van der Waals surface area contributed by atoms with Gasteiger partial charge in [-0.3, -0.25) is 9.88 Å². The van der Waals surface area contributed by atoms with Crippen LogP contribution in [0.2, 0.25) is 0 Å². The van der Waals surface area contributed by atoms with Gasteiger partial charge in [-0.05, 0) is 24.0 Å². The molecule has 0 bridgehead atoms. The van der Waals surface area contributed by atoms with Gasteiger partial charge in [-0.25, -0.2) is 0 Å². The van der Waals surface area contributed by atoms with Crippen molar-refractivity contribution in [3.8, 4) is 0 Å². The van der Waals surface area contributed by atoms with E-state index >= 15 is 0 Å². The second-order valence-electron chi connectivity index (χ2n) is 4.93. The molecule has 88 valence electrons. The fourth-order valence-corrected chi connectivity index (χ4v) is 2.33. The molecular weight excluding hydrogens is 198 g/mol. The molecule has 0 aliphatic carbocycles. The minimum absolute atomic E-state index is 0.812. The highest BCUT2D eigenvalue weighted by Crippen LogP contribution is 2.23. The molecule has 2 heterocycles. The van der Waals surface area contributed by atoms with Crippen molar-refractivity contribution in [2.24, 2.45) is 11.8 Å². The SMILES string of the molecule is CNc1ccnc(CN2CC(C)C(C)C2)c1. The molecule has 2 atom stereocenters. The Bertz CT molecular complexity index is 341. The first-order valence-corrected chi connectivity index (χ1v) is 6.04. The van der Waals surface area contributed by atoms with Gasteiger partial charge in [0, 0.05) is 38.6 Å². The molecular formula is C13H21N3. The van der Waals surface area contributed by atoms with Crippen molar-refractivity contribution >= 4 is 5.69 Å². The number of aromatic nitrogens is 1. The van der Waals surface area contributed by atoms with Crippen LogP contribution >= 0.6 is 0 Å². The predicted octanol–water partition coefficient (Wildman–Crippen LogP) is 2.21. The molecule has 2 unspecified atom stereocenters. The van der Waals surface area contributed by atoms with E-state index < -0.39 is 0 Å². The quantitative estimate of drug-likeness (QED) is 0.845. The van der Waals surface area contributed by atoms with E-state index in [1.165, 1.54) is 13.1 Å². The van der Waals surface area contributed by atoms with Gasteiger partial charge in [-0.1, -0.05) is 13.8 Å². The number of hydrogen-bond donors (Lipinski definition) is 1. The van der Waals surface area contributed by atoms with E-state index in [9.17, 15) is 0 Å². The van der Waals surface area contributed by atoms with Gasteiger partial charge in [0.05, 0.1) is 5.69 Å². The lowest BCUT2D eigenvalue weighted by Crippen LogP contribution is -2.20. The van der Waals surface area contributed by atoms with Gasteiger partial charge >= 0.3 is 0 Å². The molecule has 0 aromatic carbocycles. The van der Waals surface area contributed by atoms with Crippen molar-refractivity contribution in [1.29, 1.82) is 0 Å². The largest absolute Gasteiger partial charge is 0.388 e. The summed E-state index contributed by atoms with van der Waals surface area (Å²) in [5.41, 5.74) is 2.30. The van der Waals surface area contributed by atoms with Crippen LogP contribution in [0.5, 0.6) is 0 Å². The standard InChI is InChI=1S/C13H21N3/c1-10-7-16(8-11(10)2)9-13-6-12(14-3)4-5-15-13/h4-6,10-11H,7-9H2,1-3H3,(H,14,15). The zero-order valence-corrected chi connectivity index (χ0v) is 10.4. The van der Waals surface area contributed by atoms with E-state index in [2.05, 4.69) is 35.1 Å². The van der Waals surface area contributed by atoms with Crippen LogP contribution in [0, 0.1) is 11.8 Å². The minimum Gasteiger partial charge on any atom is -0.388 e. The van der Waals surface area contributed by atoms with Crippen molar-refractivity contribution in [2.45, 2.75) is 20.4 Å². The van der Waals surface area contributed by atoms with Crippen LogP contribution in [0.15, 0.2) is 18.3 Å². The number of nitrogens with zero attached hydrogens (tertiary/aromatic N) is 2. The molecule has 1 saturated heterocycles. The molecule has 1 N–H and O–H groups in total. The molecule has 3 nitrogen and oxygen atoms in total. The van der Waals surface area contributed by atoms with Crippen molar-refractivity contribution in [3.05, 3.63) is 24.0 Å². The van der Waals surface area contributed by atoms with E-state index in [0.29, 0.717) is 0 Å². The summed E-state index contributed by atoms with van der Waals surface area (Å²) in [4.78, 5) is 6.92. The first-order valence-electron chi connectivity index (χ1n) is 6.04. The van der Waals surface area contributed by atoms with Gasteiger partial charge in [0.15, 0.2) is 0 Å². The maximum absolute atomic E-state index is 4.42. The molecule has 16 heavy (non-hydrogen) atoms. The number of hydrogen-bond acceptors (Lipinski definition) is 3. The third-order valence-corrected chi connectivity index (χ3v) is 3.55. The first-order chi connectivity index (χ1) is 7.69. The second-order valence-corrected chi connectivity index (χ2v) is 4.93. The Labute approximate surface area is 97.9 Å². The summed E-state index contributed by atoms with van der Waals surface area (Å²) in [5.74, 6) is 1.62. The van der Waals surface area contributed by atoms with Gasteiger partial charge < -0.3 is 5.32 Å². The van der Waals surface area contributed by atoms with Crippen LogP contribution < -0.4 is 5.32 Å². The van der Waals surface area contributed by atoms with Gasteiger partial charge in [-0.15, -0.1) is 0 Å². The fourth-order valence-electron chi connectivity index (χ4n) is 2.33. The fraction of sp³-hybridized carbons (Fsp3) is 0.615. The maximum Gasteiger partial charge on any atom is 0.0564 e. The molecule has 1 fully saturated rings. The van der Waals surface area contributed by atoms with E-state index in [0.717, 1.165) is 29.8 Å². The summed E-state index contributed by atoms with van der Waals surface area (Å²) >= 11 is 0. The summed E-state index contributed by atoms with van der Waals surface area (Å²) in [5, 5.41) is 3.15. The Kier molecular flexibility index (Phi) is 3.44. The van der Waals surface area contributed by atoms with Crippen LogP contribution in [0.25, 0.3) is 0 Å². The van der Waals surface area contributed by atoms with Gasteiger partial charge in [-0.2, -0.15) is 0 Å². The Morgan fingerprint density at radius 1 is 1.38 bits per heavy atom. The summed E-state index contributed by atoms with van der Waals surface area (Å²) in [6, 6.07) is 4.13. The molecule has 0 spiro atoms. The van der Waals surface area contributed by atoms with E-state index in [1.807, 2.05) is 19.3 Å². The van der Waals surface area contributed by atoms with E-state index in [-0.39, 0.29) is 0 Å².